The Balaban J connectivity index is 2.08. The van der Waals surface area contributed by atoms with Gasteiger partial charge in [-0.25, -0.2) is 0 Å². The summed E-state index contributed by atoms with van der Waals surface area (Å²) in [4.78, 5) is 0. The van der Waals surface area contributed by atoms with Gasteiger partial charge in [-0.15, -0.1) is 0 Å². The molecule has 3 aliphatic rings. The second kappa shape index (κ2) is 4.08. The fourth-order valence-electron chi connectivity index (χ4n) is 3.31. The summed E-state index contributed by atoms with van der Waals surface area (Å²) in [6.07, 6.45) is 8.26. The van der Waals surface area contributed by atoms with Crippen LogP contribution in [0.4, 0.5) is 0 Å². The van der Waals surface area contributed by atoms with Crippen LogP contribution in [0.3, 0.4) is 0 Å². The zero-order valence-corrected chi connectivity index (χ0v) is 10.6. The van der Waals surface area contributed by atoms with Gasteiger partial charge >= 0.3 is 0 Å². The molecule has 88 valence electrons. The molecule has 0 aromatic rings. The molecule has 2 saturated heterocycles. The molecule has 0 spiro atoms. The van der Waals surface area contributed by atoms with Crippen LogP contribution in [0.25, 0.3) is 0 Å². The fraction of sp³-hybridized carbons (Fsp3) is 1.00. The lowest BCUT2D eigenvalue weighted by molar-refractivity contribution is 0.00215. The molecule has 15 heavy (non-hydrogen) atoms. The zero-order valence-electron chi connectivity index (χ0n) is 10.6. The second-order valence-electron chi connectivity index (χ2n) is 6.69. The smallest absolute Gasteiger partial charge is 0.0471 e. The summed E-state index contributed by atoms with van der Waals surface area (Å²) in [6.45, 7) is 9.29. The van der Waals surface area contributed by atoms with E-state index in [0.717, 1.165) is 19.1 Å². The van der Waals surface area contributed by atoms with Gasteiger partial charge in [0.25, 0.3) is 0 Å². The van der Waals surface area contributed by atoms with Gasteiger partial charge in [0.15, 0.2) is 0 Å². The van der Waals surface area contributed by atoms with E-state index < -0.39 is 0 Å². The molecule has 0 amide bonds. The van der Waals surface area contributed by atoms with Crippen molar-refractivity contribution < 1.29 is 4.74 Å². The maximum Gasteiger partial charge on any atom is 0.0471 e. The van der Waals surface area contributed by atoms with Crippen LogP contribution in [-0.2, 0) is 4.74 Å². The van der Waals surface area contributed by atoms with E-state index in [4.69, 9.17) is 4.74 Å². The summed E-state index contributed by atoms with van der Waals surface area (Å²) in [5.41, 5.74) is 1.09. The topological polar surface area (TPSA) is 9.23 Å². The number of fused-ring (bicyclic) bond motifs is 7. The molecule has 3 fully saturated rings. The molecule has 3 rings (SSSR count). The van der Waals surface area contributed by atoms with Gasteiger partial charge in [-0.3, -0.25) is 0 Å². The molecule has 2 bridgehead atoms. The van der Waals surface area contributed by atoms with Crippen molar-refractivity contribution in [2.45, 2.75) is 59.3 Å². The lowest BCUT2D eigenvalue weighted by atomic mass is 9.62. The third-order valence-corrected chi connectivity index (χ3v) is 5.04. The second-order valence-corrected chi connectivity index (χ2v) is 6.69. The van der Waals surface area contributed by atoms with Crippen molar-refractivity contribution >= 4 is 0 Å². The monoisotopic (exact) mass is 210 g/mol. The maximum absolute atomic E-state index is 5.76. The standard InChI is InChI=1S/C14H26O/c1-13(2)8-10-15-11-9-14(3)6-4-12(13)5-7-14/h12H,4-11H2,1-3H3. The molecule has 1 nitrogen and oxygen atoms in total. The molecule has 0 aromatic carbocycles. The predicted octanol–water partition coefficient (Wildman–Crippen LogP) is 4.02. The maximum atomic E-state index is 5.76. The Morgan fingerprint density at radius 3 is 2.13 bits per heavy atom. The van der Waals surface area contributed by atoms with Crippen LogP contribution in [-0.4, -0.2) is 13.2 Å². The van der Waals surface area contributed by atoms with Gasteiger partial charge in [-0.2, -0.15) is 0 Å². The van der Waals surface area contributed by atoms with Gasteiger partial charge in [0.2, 0.25) is 0 Å². The lowest BCUT2D eigenvalue weighted by Crippen LogP contribution is -2.35. The van der Waals surface area contributed by atoms with Crippen LogP contribution in [0.2, 0.25) is 0 Å². The van der Waals surface area contributed by atoms with Crippen LogP contribution in [0.1, 0.15) is 59.3 Å². The summed E-state index contributed by atoms with van der Waals surface area (Å²) in [7, 11) is 0. The first-order valence-electron chi connectivity index (χ1n) is 6.60. The van der Waals surface area contributed by atoms with E-state index in [1.54, 1.807) is 0 Å². The first kappa shape index (κ1) is 11.4. The third kappa shape index (κ3) is 2.55. The number of ether oxygens (including phenoxy) is 1. The first-order chi connectivity index (χ1) is 7.02. The Morgan fingerprint density at radius 1 is 0.867 bits per heavy atom. The molecule has 2 aliphatic heterocycles. The zero-order chi connectivity index (χ0) is 10.9. The Morgan fingerprint density at radius 2 is 1.47 bits per heavy atom. The van der Waals surface area contributed by atoms with Gasteiger partial charge in [0.1, 0.15) is 0 Å². The molecule has 0 atom stereocenters. The molecule has 0 N–H and O–H groups in total. The van der Waals surface area contributed by atoms with E-state index in [9.17, 15) is 0 Å². The van der Waals surface area contributed by atoms with Gasteiger partial charge in [0.05, 0.1) is 0 Å². The Kier molecular flexibility index (Phi) is 3.12. The summed E-state index contributed by atoms with van der Waals surface area (Å²) < 4.78 is 5.76. The predicted molar refractivity (Wildman–Crippen MR) is 63.9 cm³/mol. The summed E-state index contributed by atoms with van der Waals surface area (Å²) in [5, 5.41) is 0. The van der Waals surface area contributed by atoms with E-state index in [2.05, 4.69) is 20.8 Å². The Hall–Kier alpha value is -0.0400. The summed E-state index contributed by atoms with van der Waals surface area (Å²) >= 11 is 0. The van der Waals surface area contributed by atoms with E-state index in [-0.39, 0.29) is 0 Å². The van der Waals surface area contributed by atoms with Crippen LogP contribution >= 0.6 is 0 Å². The van der Waals surface area contributed by atoms with E-state index in [1.165, 1.54) is 38.5 Å². The highest BCUT2D eigenvalue weighted by atomic mass is 16.5. The summed E-state index contributed by atoms with van der Waals surface area (Å²) in [6, 6.07) is 0. The Bertz CT molecular complexity index is 211. The van der Waals surface area contributed by atoms with Crippen LogP contribution in [0.5, 0.6) is 0 Å². The molecule has 0 unspecified atom stereocenters. The van der Waals surface area contributed by atoms with Crippen molar-refractivity contribution in [3.05, 3.63) is 0 Å². The van der Waals surface area contributed by atoms with Crippen molar-refractivity contribution in [2.75, 3.05) is 13.2 Å². The SMILES string of the molecule is CC12CCOCCC(C)(C)C(CC1)CC2. The molecule has 1 saturated carbocycles. The molecule has 0 aromatic heterocycles. The fourth-order valence-corrected chi connectivity index (χ4v) is 3.31. The van der Waals surface area contributed by atoms with Gasteiger partial charge < -0.3 is 4.74 Å². The number of hydrogen-bond acceptors (Lipinski definition) is 1. The molecular weight excluding hydrogens is 184 g/mol. The minimum atomic E-state index is 0.499. The third-order valence-electron chi connectivity index (χ3n) is 5.04. The van der Waals surface area contributed by atoms with E-state index in [1.807, 2.05) is 0 Å². The highest BCUT2D eigenvalue weighted by Gasteiger charge is 2.38. The lowest BCUT2D eigenvalue weighted by Gasteiger charge is -2.45. The van der Waals surface area contributed by atoms with Gasteiger partial charge in [0, 0.05) is 13.2 Å². The minimum absolute atomic E-state index is 0.499. The van der Waals surface area contributed by atoms with Crippen molar-refractivity contribution in [3.63, 3.8) is 0 Å². The first-order valence-corrected chi connectivity index (χ1v) is 6.60. The summed E-state index contributed by atoms with van der Waals surface area (Å²) in [5.74, 6) is 0.937. The number of rotatable bonds is 0. The highest BCUT2D eigenvalue weighted by molar-refractivity contribution is 4.88. The van der Waals surface area contributed by atoms with E-state index in [0.29, 0.717) is 10.8 Å². The van der Waals surface area contributed by atoms with Crippen LogP contribution in [0, 0.1) is 16.7 Å². The van der Waals surface area contributed by atoms with Crippen LogP contribution < -0.4 is 0 Å². The Labute approximate surface area is 94.6 Å². The van der Waals surface area contributed by atoms with Crippen molar-refractivity contribution in [2.24, 2.45) is 16.7 Å². The molecular formula is C14H26O. The number of hydrogen-bond donors (Lipinski definition) is 0. The molecule has 1 heteroatoms. The van der Waals surface area contributed by atoms with Crippen molar-refractivity contribution in [3.8, 4) is 0 Å². The largest absolute Gasteiger partial charge is 0.381 e. The molecule has 0 radical (unpaired) electrons. The minimum Gasteiger partial charge on any atom is -0.381 e. The molecule has 1 aliphatic carbocycles. The quantitative estimate of drug-likeness (QED) is 0.587. The van der Waals surface area contributed by atoms with Crippen molar-refractivity contribution in [1.82, 2.24) is 0 Å². The van der Waals surface area contributed by atoms with Crippen molar-refractivity contribution in [1.29, 1.82) is 0 Å². The highest BCUT2D eigenvalue weighted by Crippen LogP contribution is 2.48. The van der Waals surface area contributed by atoms with Gasteiger partial charge in [-0.05, 0) is 55.3 Å². The van der Waals surface area contributed by atoms with E-state index >= 15 is 0 Å². The molecule has 2 heterocycles. The normalized spacial score (nSPS) is 41.4. The average Bonchev–Trinajstić information content (AvgIpc) is 2.17. The average molecular weight is 210 g/mol. The van der Waals surface area contributed by atoms with Crippen LogP contribution in [0.15, 0.2) is 0 Å². The van der Waals surface area contributed by atoms with Gasteiger partial charge in [-0.1, -0.05) is 20.8 Å².